The number of methoxy groups -OCH3 is 1. The summed E-state index contributed by atoms with van der Waals surface area (Å²) in [5.41, 5.74) is 1.01. The summed E-state index contributed by atoms with van der Waals surface area (Å²) in [7, 11) is 1.54. The smallest absolute Gasteiger partial charge is 0.309 e. The molecule has 1 aromatic heterocycles. The SMILES string of the molecule is COCCNC(=O)C(=O)NCC(c1ccoc1)N1CCSCC1. The van der Waals surface area contributed by atoms with Crippen molar-refractivity contribution in [1.29, 1.82) is 0 Å². The molecule has 0 aromatic carbocycles. The van der Waals surface area contributed by atoms with Crippen molar-refractivity contribution in [1.82, 2.24) is 15.5 Å². The van der Waals surface area contributed by atoms with E-state index in [2.05, 4.69) is 15.5 Å². The number of carbonyl (C=O) groups excluding carboxylic acids is 2. The first kappa shape index (κ1) is 17.8. The summed E-state index contributed by atoms with van der Waals surface area (Å²) >= 11 is 1.93. The Hall–Kier alpha value is -1.51. The van der Waals surface area contributed by atoms with Gasteiger partial charge in [0.2, 0.25) is 0 Å². The van der Waals surface area contributed by atoms with Gasteiger partial charge in [0.05, 0.1) is 25.2 Å². The molecule has 2 N–H and O–H groups in total. The Kier molecular flexibility index (Phi) is 7.44. The van der Waals surface area contributed by atoms with E-state index in [9.17, 15) is 9.59 Å². The van der Waals surface area contributed by atoms with E-state index in [1.807, 2.05) is 17.8 Å². The summed E-state index contributed by atoms with van der Waals surface area (Å²) in [5, 5.41) is 5.22. The van der Waals surface area contributed by atoms with E-state index in [1.165, 1.54) is 0 Å². The number of nitrogens with zero attached hydrogens (tertiary/aromatic N) is 1. The largest absolute Gasteiger partial charge is 0.472 e. The number of rotatable bonds is 7. The second kappa shape index (κ2) is 9.59. The molecule has 2 amide bonds. The lowest BCUT2D eigenvalue weighted by atomic mass is 10.1. The van der Waals surface area contributed by atoms with Crippen molar-refractivity contribution in [2.45, 2.75) is 6.04 Å². The summed E-state index contributed by atoms with van der Waals surface area (Å²) in [6.07, 6.45) is 3.32. The van der Waals surface area contributed by atoms with Gasteiger partial charge < -0.3 is 19.8 Å². The van der Waals surface area contributed by atoms with Gasteiger partial charge in [-0.25, -0.2) is 0 Å². The topological polar surface area (TPSA) is 83.8 Å². The predicted octanol–water partition coefficient (Wildman–Crippen LogP) is 0.248. The number of ether oxygens (including phenoxy) is 1. The molecule has 2 rings (SSSR count). The number of carbonyl (C=O) groups is 2. The third-order valence-corrected chi connectivity index (χ3v) is 4.61. The van der Waals surface area contributed by atoms with Gasteiger partial charge in [-0.05, 0) is 6.07 Å². The molecule has 0 aliphatic carbocycles. The first-order valence-corrected chi connectivity index (χ1v) is 8.76. The molecular formula is C15H23N3O4S. The lowest BCUT2D eigenvalue weighted by molar-refractivity contribution is -0.139. The zero-order valence-corrected chi connectivity index (χ0v) is 14.1. The van der Waals surface area contributed by atoms with Gasteiger partial charge in [-0.1, -0.05) is 0 Å². The molecular weight excluding hydrogens is 318 g/mol. The van der Waals surface area contributed by atoms with Crippen molar-refractivity contribution < 1.29 is 18.7 Å². The van der Waals surface area contributed by atoms with Crippen LogP contribution in [0.2, 0.25) is 0 Å². The van der Waals surface area contributed by atoms with E-state index in [0.29, 0.717) is 19.7 Å². The Bertz CT molecular complexity index is 489. The fraction of sp³-hybridized carbons (Fsp3) is 0.600. The van der Waals surface area contributed by atoms with E-state index >= 15 is 0 Å². The highest BCUT2D eigenvalue weighted by atomic mass is 32.2. The Balaban J connectivity index is 1.88. The molecule has 1 saturated heterocycles. The van der Waals surface area contributed by atoms with Gasteiger partial charge in [-0.2, -0.15) is 11.8 Å². The molecule has 2 heterocycles. The fourth-order valence-electron chi connectivity index (χ4n) is 2.43. The third-order valence-electron chi connectivity index (χ3n) is 3.67. The molecule has 1 atom stereocenters. The van der Waals surface area contributed by atoms with Gasteiger partial charge >= 0.3 is 11.8 Å². The quantitative estimate of drug-likeness (QED) is 0.546. The number of amides is 2. The van der Waals surface area contributed by atoms with Crippen LogP contribution in [0.4, 0.5) is 0 Å². The van der Waals surface area contributed by atoms with Crippen LogP contribution < -0.4 is 10.6 Å². The van der Waals surface area contributed by atoms with E-state index in [0.717, 1.165) is 30.2 Å². The van der Waals surface area contributed by atoms with E-state index in [1.54, 1.807) is 19.6 Å². The standard InChI is InChI=1S/C15H23N3O4S/c1-21-7-3-16-14(19)15(20)17-10-13(12-2-6-22-11-12)18-4-8-23-9-5-18/h2,6,11,13H,3-5,7-10H2,1H3,(H,16,19)(H,17,20). The van der Waals surface area contributed by atoms with Crippen LogP contribution in [0.5, 0.6) is 0 Å². The van der Waals surface area contributed by atoms with Gasteiger partial charge in [0.1, 0.15) is 0 Å². The average molecular weight is 341 g/mol. The second-order valence-electron chi connectivity index (χ2n) is 5.18. The molecule has 7 nitrogen and oxygen atoms in total. The second-order valence-corrected chi connectivity index (χ2v) is 6.40. The maximum Gasteiger partial charge on any atom is 0.309 e. The lowest BCUT2D eigenvalue weighted by Crippen LogP contribution is -2.46. The fourth-order valence-corrected chi connectivity index (χ4v) is 3.36. The van der Waals surface area contributed by atoms with Crippen molar-refractivity contribution in [3.8, 4) is 0 Å². The number of hydrogen-bond acceptors (Lipinski definition) is 6. The third kappa shape index (κ3) is 5.56. The van der Waals surface area contributed by atoms with Crippen molar-refractivity contribution in [2.24, 2.45) is 0 Å². The number of nitrogens with one attached hydrogen (secondary N) is 2. The monoisotopic (exact) mass is 341 g/mol. The Labute approximate surface area is 140 Å². The summed E-state index contributed by atoms with van der Waals surface area (Å²) in [6, 6.07) is 1.92. The van der Waals surface area contributed by atoms with E-state index < -0.39 is 11.8 Å². The highest BCUT2D eigenvalue weighted by molar-refractivity contribution is 7.99. The van der Waals surface area contributed by atoms with Crippen LogP contribution >= 0.6 is 11.8 Å². The molecule has 8 heteroatoms. The van der Waals surface area contributed by atoms with E-state index in [-0.39, 0.29) is 6.04 Å². The van der Waals surface area contributed by atoms with Crippen LogP contribution in [-0.2, 0) is 14.3 Å². The molecule has 1 unspecified atom stereocenters. The first-order chi connectivity index (χ1) is 11.2. The Morgan fingerprint density at radius 1 is 1.35 bits per heavy atom. The molecule has 0 bridgehead atoms. The molecule has 128 valence electrons. The van der Waals surface area contributed by atoms with Crippen LogP contribution in [0.25, 0.3) is 0 Å². The van der Waals surface area contributed by atoms with Crippen LogP contribution in [-0.4, -0.2) is 68.1 Å². The summed E-state index contributed by atoms with van der Waals surface area (Å²) < 4.78 is 10.0. The van der Waals surface area contributed by atoms with Crippen molar-refractivity contribution in [3.63, 3.8) is 0 Å². The molecule has 1 aliphatic rings. The molecule has 1 aliphatic heterocycles. The normalized spacial score (nSPS) is 16.7. The van der Waals surface area contributed by atoms with Gasteiger partial charge in [-0.3, -0.25) is 14.5 Å². The summed E-state index contributed by atoms with van der Waals surface area (Å²) in [5.74, 6) is 0.878. The van der Waals surface area contributed by atoms with Crippen molar-refractivity contribution in [3.05, 3.63) is 24.2 Å². The zero-order valence-electron chi connectivity index (χ0n) is 13.2. The van der Waals surface area contributed by atoms with Crippen molar-refractivity contribution >= 4 is 23.6 Å². The average Bonchev–Trinajstić information content (AvgIpc) is 3.10. The number of thioether (sulfide) groups is 1. The molecule has 1 aromatic rings. The van der Waals surface area contributed by atoms with Crippen molar-refractivity contribution in [2.75, 3.05) is 51.4 Å². The molecule has 23 heavy (non-hydrogen) atoms. The Morgan fingerprint density at radius 3 is 2.74 bits per heavy atom. The van der Waals surface area contributed by atoms with Crippen LogP contribution in [0, 0.1) is 0 Å². The van der Waals surface area contributed by atoms with Crippen LogP contribution in [0.15, 0.2) is 23.0 Å². The van der Waals surface area contributed by atoms with Gasteiger partial charge in [0.25, 0.3) is 0 Å². The van der Waals surface area contributed by atoms with Gasteiger partial charge in [-0.15, -0.1) is 0 Å². The Morgan fingerprint density at radius 2 is 2.09 bits per heavy atom. The van der Waals surface area contributed by atoms with E-state index in [4.69, 9.17) is 9.15 Å². The molecule has 0 saturated carbocycles. The molecule has 1 fully saturated rings. The van der Waals surface area contributed by atoms with Gasteiger partial charge in [0, 0.05) is 50.4 Å². The predicted molar refractivity (Wildman–Crippen MR) is 88.2 cm³/mol. The summed E-state index contributed by atoms with van der Waals surface area (Å²) in [4.78, 5) is 25.9. The first-order valence-electron chi connectivity index (χ1n) is 7.61. The van der Waals surface area contributed by atoms with Gasteiger partial charge in [0.15, 0.2) is 0 Å². The molecule has 0 radical (unpaired) electrons. The maximum absolute atomic E-state index is 11.9. The lowest BCUT2D eigenvalue weighted by Gasteiger charge is -2.33. The minimum atomic E-state index is -0.637. The number of hydrogen-bond donors (Lipinski definition) is 2. The highest BCUT2D eigenvalue weighted by Gasteiger charge is 2.24. The van der Waals surface area contributed by atoms with Crippen LogP contribution in [0.1, 0.15) is 11.6 Å². The highest BCUT2D eigenvalue weighted by Crippen LogP contribution is 2.24. The zero-order chi connectivity index (χ0) is 16.5. The minimum Gasteiger partial charge on any atom is -0.472 e. The molecule has 0 spiro atoms. The number of furan rings is 1. The maximum atomic E-state index is 11.9. The minimum absolute atomic E-state index is 0.0189. The summed E-state index contributed by atoms with van der Waals surface area (Å²) in [6.45, 7) is 2.98. The van der Waals surface area contributed by atoms with Crippen LogP contribution in [0.3, 0.4) is 0 Å².